The van der Waals surface area contributed by atoms with Crippen molar-refractivity contribution in [3.63, 3.8) is 0 Å². The first-order valence-electron chi connectivity index (χ1n) is 12.0. The van der Waals surface area contributed by atoms with Crippen LogP contribution in [0, 0.1) is 13.8 Å². The predicted molar refractivity (Wildman–Crippen MR) is 149 cm³/mol. The molecule has 2 aromatic carbocycles. The number of carbonyl (C=O) groups is 2. The van der Waals surface area contributed by atoms with E-state index >= 15 is 0 Å². The monoisotopic (exact) mass is 572 g/mol. The molecule has 3 heterocycles. The number of rotatable bonds is 5. The summed E-state index contributed by atoms with van der Waals surface area (Å²) in [6.07, 6.45) is 2.41. The number of H-pyrrole nitrogens is 1. The van der Waals surface area contributed by atoms with Gasteiger partial charge in [-0.1, -0.05) is 29.3 Å². The Balaban J connectivity index is 1.50. The highest BCUT2D eigenvalue weighted by atomic mass is 35.5. The molecule has 0 unspecified atom stereocenters. The largest absolute Gasteiger partial charge is 0.358 e. The zero-order valence-electron chi connectivity index (χ0n) is 20.8. The molecule has 0 spiro atoms. The van der Waals surface area contributed by atoms with E-state index in [1.807, 2.05) is 13.8 Å². The fourth-order valence-electron chi connectivity index (χ4n) is 4.96. The van der Waals surface area contributed by atoms with Gasteiger partial charge < -0.3 is 20.9 Å². The van der Waals surface area contributed by atoms with Crippen molar-refractivity contribution in [2.45, 2.75) is 37.0 Å². The van der Waals surface area contributed by atoms with Gasteiger partial charge in [-0.3, -0.25) is 9.59 Å². The Labute approximate surface area is 230 Å². The van der Waals surface area contributed by atoms with E-state index in [1.54, 1.807) is 35.2 Å². The number of benzene rings is 2. The van der Waals surface area contributed by atoms with E-state index in [0.29, 0.717) is 58.0 Å². The molecule has 0 radical (unpaired) electrons. The number of carbonyl (C=O) groups excluding carboxylic acids is 2. The van der Waals surface area contributed by atoms with Crippen LogP contribution >= 0.6 is 23.2 Å². The van der Waals surface area contributed by atoms with Gasteiger partial charge in [0.05, 0.1) is 21.8 Å². The molecule has 1 saturated heterocycles. The maximum atomic E-state index is 13.3. The molecular weight excluding hydrogens is 547 g/mol. The number of hydrogen-bond donors (Lipinski definition) is 3. The highest BCUT2D eigenvalue weighted by Crippen LogP contribution is 2.37. The Morgan fingerprint density at radius 3 is 2.55 bits per heavy atom. The molecule has 2 amide bonds. The van der Waals surface area contributed by atoms with Gasteiger partial charge in [-0.25, -0.2) is 8.42 Å². The molecule has 1 atom stereocenters. The number of nitrogens with one attached hydrogen (secondary N) is 2. The number of sulfone groups is 1. The fraction of sp³-hybridized carbons (Fsp3) is 0.259. The summed E-state index contributed by atoms with van der Waals surface area (Å²) in [4.78, 5) is 31.0. The number of halogens is 2. The molecule has 3 aromatic rings. The molecule has 38 heavy (non-hydrogen) atoms. The summed E-state index contributed by atoms with van der Waals surface area (Å²) in [6.45, 7) is 4.74. The number of aromatic nitrogens is 1. The van der Waals surface area contributed by atoms with Crippen LogP contribution in [-0.4, -0.2) is 49.2 Å². The third-order valence-corrected chi connectivity index (χ3v) is 9.37. The zero-order valence-corrected chi connectivity index (χ0v) is 23.1. The summed E-state index contributed by atoms with van der Waals surface area (Å²) < 4.78 is 26.6. The lowest BCUT2D eigenvalue weighted by molar-refractivity contribution is -0.110. The third-order valence-electron chi connectivity index (χ3n) is 7.02. The SMILES string of the molecule is Cc1[nH]c(C=C2C(=O)Nc3ccc(S(=O)(=O)Cc4c(Cl)cccc4Cl)cc32)c(C)c1C(=O)N1CC[C@@H](N)C1. The lowest BCUT2D eigenvalue weighted by atomic mass is 10.0. The van der Waals surface area contributed by atoms with E-state index in [9.17, 15) is 18.0 Å². The van der Waals surface area contributed by atoms with E-state index in [-0.39, 0.29) is 38.5 Å². The van der Waals surface area contributed by atoms with E-state index in [0.717, 1.165) is 6.42 Å². The number of amides is 2. The molecule has 1 aromatic heterocycles. The van der Waals surface area contributed by atoms with Crippen molar-refractivity contribution in [2.24, 2.45) is 5.73 Å². The standard InChI is InChI=1S/C27H26Cl2N4O4S/c1-14-24(31-15(2)25(14)27(35)33-9-8-16(30)12-33)11-19-18-10-17(6-7-23(18)32-26(19)34)38(36,37)13-20-21(28)4-3-5-22(20)29/h3-7,10-11,16,31H,8-9,12-13,30H2,1-2H3,(H,32,34)/t16-/m1/s1. The quantitative estimate of drug-likeness (QED) is 0.386. The van der Waals surface area contributed by atoms with E-state index < -0.39 is 9.84 Å². The fourth-order valence-corrected chi connectivity index (χ4v) is 7.08. The van der Waals surface area contributed by atoms with Crippen molar-refractivity contribution in [1.29, 1.82) is 0 Å². The van der Waals surface area contributed by atoms with Crippen LogP contribution in [0.2, 0.25) is 10.0 Å². The molecule has 2 aliphatic rings. The van der Waals surface area contributed by atoms with Gasteiger partial charge >= 0.3 is 0 Å². The van der Waals surface area contributed by atoms with Crippen molar-refractivity contribution in [3.8, 4) is 0 Å². The van der Waals surface area contributed by atoms with Gasteiger partial charge in [0.2, 0.25) is 0 Å². The van der Waals surface area contributed by atoms with Crippen molar-refractivity contribution < 1.29 is 18.0 Å². The van der Waals surface area contributed by atoms with Crippen molar-refractivity contribution in [3.05, 3.63) is 80.1 Å². The Kier molecular flexibility index (Phi) is 6.89. The summed E-state index contributed by atoms with van der Waals surface area (Å²) in [5.41, 5.74) is 10.1. The molecule has 5 rings (SSSR count). The predicted octanol–water partition coefficient (Wildman–Crippen LogP) is 4.58. The number of fused-ring (bicyclic) bond motifs is 1. The molecule has 2 aliphatic heterocycles. The van der Waals surface area contributed by atoms with E-state index in [1.165, 1.54) is 12.1 Å². The molecule has 4 N–H and O–H groups in total. The van der Waals surface area contributed by atoms with Gasteiger partial charge in [0.15, 0.2) is 9.84 Å². The smallest absolute Gasteiger partial charge is 0.256 e. The van der Waals surface area contributed by atoms with E-state index in [2.05, 4.69) is 10.3 Å². The highest BCUT2D eigenvalue weighted by molar-refractivity contribution is 7.90. The number of anilines is 1. The van der Waals surface area contributed by atoms with Gasteiger partial charge in [-0.15, -0.1) is 0 Å². The van der Waals surface area contributed by atoms with Crippen molar-refractivity contribution >= 4 is 62.2 Å². The van der Waals surface area contributed by atoms with E-state index in [4.69, 9.17) is 28.9 Å². The number of aryl methyl sites for hydroxylation is 1. The molecule has 0 aliphatic carbocycles. The van der Waals surface area contributed by atoms with Crippen LogP contribution in [0.3, 0.4) is 0 Å². The first kappa shape index (κ1) is 26.5. The Bertz CT molecular complexity index is 1610. The van der Waals surface area contributed by atoms with Crippen LogP contribution in [0.25, 0.3) is 11.6 Å². The summed E-state index contributed by atoms with van der Waals surface area (Å²) in [6, 6.07) is 9.27. The molecular formula is C27H26Cl2N4O4S. The molecule has 8 nitrogen and oxygen atoms in total. The zero-order chi connectivity index (χ0) is 27.4. The Morgan fingerprint density at radius 1 is 1.18 bits per heavy atom. The summed E-state index contributed by atoms with van der Waals surface area (Å²) >= 11 is 12.4. The summed E-state index contributed by atoms with van der Waals surface area (Å²) in [5, 5.41) is 3.31. The number of likely N-dealkylation sites (tertiary alicyclic amines) is 1. The minimum atomic E-state index is -3.83. The van der Waals surface area contributed by atoms with Crippen LogP contribution in [0.15, 0.2) is 41.3 Å². The van der Waals surface area contributed by atoms with Gasteiger partial charge in [-0.2, -0.15) is 0 Å². The van der Waals surface area contributed by atoms with Gasteiger partial charge in [0.25, 0.3) is 11.8 Å². The third kappa shape index (κ3) is 4.75. The van der Waals surface area contributed by atoms with Crippen LogP contribution in [-0.2, 0) is 20.4 Å². The molecule has 0 saturated carbocycles. The minimum Gasteiger partial charge on any atom is -0.358 e. The van der Waals surface area contributed by atoms with Gasteiger partial charge in [0, 0.05) is 57.4 Å². The lowest BCUT2D eigenvalue weighted by Gasteiger charge is -2.16. The van der Waals surface area contributed by atoms with Crippen molar-refractivity contribution in [1.82, 2.24) is 9.88 Å². The van der Waals surface area contributed by atoms with Crippen LogP contribution < -0.4 is 11.1 Å². The maximum Gasteiger partial charge on any atom is 0.256 e. The Hall–Kier alpha value is -3.11. The number of hydrogen-bond acceptors (Lipinski definition) is 5. The summed E-state index contributed by atoms with van der Waals surface area (Å²) in [5.74, 6) is -0.851. The normalized spacial score (nSPS) is 18.2. The first-order chi connectivity index (χ1) is 18.0. The second kappa shape index (κ2) is 9.89. The Morgan fingerprint density at radius 2 is 1.89 bits per heavy atom. The van der Waals surface area contributed by atoms with Crippen LogP contribution in [0.4, 0.5) is 5.69 Å². The average molecular weight is 574 g/mol. The van der Waals surface area contributed by atoms with Crippen LogP contribution in [0.1, 0.15) is 44.9 Å². The molecule has 198 valence electrons. The number of nitrogens with zero attached hydrogens (tertiary/aromatic N) is 1. The van der Waals surface area contributed by atoms with Gasteiger partial charge in [0.1, 0.15) is 0 Å². The average Bonchev–Trinajstić information content (AvgIpc) is 3.51. The summed E-state index contributed by atoms with van der Waals surface area (Å²) in [7, 11) is -3.83. The van der Waals surface area contributed by atoms with Crippen molar-refractivity contribution in [2.75, 3.05) is 18.4 Å². The second-order valence-electron chi connectivity index (χ2n) is 9.64. The maximum absolute atomic E-state index is 13.3. The molecule has 0 bridgehead atoms. The topological polar surface area (TPSA) is 125 Å². The second-order valence-corrected chi connectivity index (χ2v) is 12.4. The molecule has 1 fully saturated rings. The number of aromatic amines is 1. The molecule has 11 heteroatoms. The highest BCUT2D eigenvalue weighted by Gasteiger charge is 2.30. The minimum absolute atomic E-state index is 0.0294. The van der Waals surface area contributed by atoms with Crippen LogP contribution in [0.5, 0.6) is 0 Å². The first-order valence-corrected chi connectivity index (χ1v) is 14.4. The number of nitrogens with two attached hydrogens (primary N) is 1. The van der Waals surface area contributed by atoms with Gasteiger partial charge in [-0.05, 0) is 62.2 Å². The lowest BCUT2D eigenvalue weighted by Crippen LogP contribution is -2.32.